The lowest BCUT2D eigenvalue weighted by Gasteiger charge is -2.29. The Labute approximate surface area is 189 Å². The van der Waals surface area contributed by atoms with E-state index in [1.54, 1.807) is 6.20 Å². The zero-order valence-corrected chi connectivity index (χ0v) is 18.6. The van der Waals surface area contributed by atoms with Crippen molar-refractivity contribution in [1.29, 1.82) is 0 Å². The SMILES string of the molecule is CCNC(=NCc1cccnc1N1CCOCC1)NCc1ccccc1Cn1cccn1. The number of rotatable bonds is 8. The van der Waals surface area contributed by atoms with E-state index in [0.29, 0.717) is 13.1 Å². The molecular weight excluding hydrogens is 402 g/mol. The molecule has 2 N–H and O–H groups in total. The maximum atomic E-state index is 5.49. The zero-order valence-electron chi connectivity index (χ0n) is 18.6. The third-order valence-corrected chi connectivity index (χ3v) is 5.39. The first kappa shape index (κ1) is 21.8. The molecule has 0 unspecified atom stereocenters. The van der Waals surface area contributed by atoms with Gasteiger partial charge in [-0.1, -0.05) is 30.3 Å². The molecule has 1 saturated heterocycles. The Kier molecular flexibility index (Phi) is 7.70. The number of aliphatic imine (C=N–C) groups is 1. The van der Waals surface area contributed by atoms with Crippen LogP contribution in [0.25, 0.3) is 0 Å². The number of ether oxygens (including phenoxy) is 1. The number of benzene rings is 1. The van der Waals surface area contributed by atoms with E-state index in [2.05, 4.69) is 62.9 Å². The maximum absolute atomic E-state index is 5.49. The van der Waals surface area contributed by atoms with Crippen molar-refractivity contribution in [1.82, 2.24) is 25.4 Å². The van der Waals surface area contributed by atoms with Gasteiger partial charge in [0.1, 0.15) is 5.82 Å². The Morgan fingerprint density at radius 3 is 2.59 bits per heavy atom. The Balaban J connectivity index is 1.44. The summed E-state index contributed by atoms with van der Waals surface area (Å²) in [4.78, 5) is 11.7. The Bertz CT molecular complexity index is 997. The van der Waals surface area contributed by atoms with Crippen molar-refractivity contribution in [2.24, 2.45) is 4.99 Å². The van der Waals surface area contributed by atoms with Crippen molar-refractivity contribution in [3.63, 3.8) is 0 Å². The van der Waals surface area contributed by atoms with E-state index in [-0.39, 0.29) is 0 Å². The van der Waals surface area contributed by atoms with Crippen molar-refractivity contribution in [3.8, 4) is 0 Å². The van der Waals surface area contributed by atoms with Crippen LogP contribution in [0.3, 0.4) is 0 Å². The minimum Gasteiger partial charge on any atom is -0.378 e. The minimum atomic E-state index is 0.560. The molecule has 4 rings (SSSR count). The normalized spacial score (nSPS) is 14.4. The molecule has 1 aromatic carbocycles. The summed E-state index contributed by atoms with van der Waals surface area (Å²) >= 11 is 0. The summed E-state index contributed by atoms with van der Waals surface area (Å²) in [7, 11) is 0. The molecular formula is C24H31N7O. The molecule has 2 aromatic heterocycles. The molecule has 32 heavy (non-hydrogen) atoms. The Morgan fingerprint density at radius 1 is 1.00 bits per heavy atom. The predicted octanol–water partition coefficient (Wildman–Crippen LogP) is 2.42. The second-order valence-corrected chi connectivity index (χ2v) is 7.61. The van der Waals surface area contributed by atoms with Crippen LogP contribution in [0.15, 0.2) is 66.0 Å². The van der Waals surface area contributed by atoms with E-state index in [1.165, 1.54) is 11.1 Å². The Hall–Kier alpha value is -3.39. The minimum absolute atomic E-state index is 0.560. The van der Waals surface area contributed by atoms with Gasteiger partial charge in [-0.05, 0) is 30.2 Å². The van der Waals surface area contributed by atoms with E-state index in [9.17, 15) is 0 Å². The maximum Gasteiger partial charge on any atom is 0.191 e. The van der Waals surface area contributed by atoms with Gasteiger partial charge in [-0.25, -0.2) is 9.98 Å². The summed E-state index contributed by atoms with van der Waals surface area (Å²) in [5.74, 6) is 1.79. The molecule has 1 aliphatic heterocycles. The lowest BCUT2D eigenvalue weighted by molar-refractivity contribution is 0.122. The molecule has 3 aromatic rings. The van der Waals surface area contributed by atoms with Crippen LogP contribution in [0, 0.1) is 0 Å². The van der Waals surface area contributed by atoms with Crippen molar-refractivity contribution in [2.45, 2.75) is 26.6 Å². The highest BCUT2D eigenvalue weighted by molar-refractivity contribution is 5.79. The van der Waals surface area contributed by atoms with E-state index < -0.39 is 0 Å². The molecule has 0 atom stereocenters. The van der Waals surface area contributed by atoms with Crippen LogP contribution in [-0.2, 0) is 24.4 Å². The highest BCUT2D eigenvalue weighted by atomic mass is 16.5. The van der Waals surface area contributed by atoms with Gasteiger partial charge >= 0.3 is 0 Å². The summed E-state index contributed by atoms with van der Waals surface area (Å²) in [5.41, 5.74) is 3.58. The van der Waals surface area contributed by atoms with Gasteiger partial charge in [0.05, 0.1) is 26.3 Å². The lowest BCUT2D eigenvalue weighted by Crippen LogP contribution is -2.38. The smallest absolute Gasteiger partial charge is 0.191 e. The molecule has 3 heterocycles. The molecule has 0 amide bonds. The van der Waals surface area contributed by atoms with Gasteiger partial charge in [-0.2, -0.15) is 5.10 Å². The van der Waals surface area contributed by atoms with Crippen LogP contribution in [-0.4, -0.2) is 53.6 Å². The van der Waals surface area contributed by atoms with E-state index >= 15 is 0 Å². The van der Waals surface area contributed by atoms with E-state index in [0.717, 1.165) is 56.7 Å². The van der Waals surface area contributed by atoms with Crippen LogP contribution in [0.1, 0.15) is 23.6 Å². The fraction of sp³-hybridized carbons (Fsp3) is 0.375. The number of anilines is 1. The molecule has 0 saturated carbocycles. The largest absolute Gasteiger partial charge is 0.378 e. The van der Waals surface area contributed by atoms with Gasteiger partial charge in [-0.3, -0.25) is 4.68 Å². The first-order valence-corrected chi connectivity index (χ1v) is 11.2. The number of hydrogen-bond acceptors (Lipinski definition) is 5. The topological polar surface area (TPSA) is 79.6 Å². The number of aromatic nitrogens is 3. The highest BCUT2D eigenvalue weighted by Gasteiger charge is 2.15. The third-order valence-electron chi connectivity index (χ3n) is 5.39. The average Bonchev–Trinajstić information content (AvgIpc) is 3.36. The molecule has 0 spiro atoms. The first-order chi connectivity index (χ1) is 15.8. The number of morpholine rings is 1. The van der Waals surface area contributed by atoms with E-state index in [1.807, 2.05) is 29.2 Å². The van der Waals surface area contributed by atoms with Crippen molar-refractivity contribution in [3.05, 3.63) is 77.7 Å². The molecule has 0 bridgehead atoms. The van der Waals surface area contributed by atoms with Crippen LogP contribution in [0.2, 0.25) is 0 Å². The zero-order chi connectivity index (χ0) is 22.0. The summed E-state index contributed by atoms with van der Waals surface area (Å²) in [6.07, 6.45) is 5.63. The van der Waals surface area contributed by atoms with Crippen molar-refractivity contribution >= 4 is 11.8 Å². The van der Waals surface area contributed by atoms with Gasteiger partial charge in [0.2, 0.25) is 0 Å². The summed E-state index contributed by atoms with van der Waals surface area (Å²) in [6, 6.07) is 14.4. The third kappa shape index (κ3) is 5.85. The number of pyridine rings is 1. The number of nitrogens with one attached hydrogen (secondary N) is 2. The van der Waals surface area contributed by atoms with Crippen LogP contribution in [0.4, 0.5) is 5.82 Å². The Morgan fingerprint density at radius 2 is 1.81 bits per heavy atom. The monoisotopic (exact) mass is 433 g/mol. The molecule has 168 valence electrons. The summed E-state index contributed by atoms with van der Waals surface area (Å²) in [6.45, 7) is 8.06. The quantitative estimate of drug-likeness (QED) is 0.420. The van der Waals surface area contributed by atoms with Crippen molar-refractivity contribution in [2.75, 3.05) is 37.7 Å². The molecule has 0 radical (unpaired) electrons. The van der Waals surface area contributed by atoms with Gasteiger partial charge in [-0.15, -0.1) is 0 Å². The first-order valence-electron chi connectivity index (χ1n) is 11.2. The fourth-order valence-electron chi connectivity index (χ4n) is 3.75. The lowest BCUT2D eigenvalue weighted by atomic mass is 10.1. The molecule has 8 heteroatoms. The van der Waals surface area contributed by atoms with Crippen molar-refractivity contribution < 1.29 is 4.74 Å². The van der Waals surface area contributed by atoms with Gasteiger partial charge in [0.25, 0.3) is 0 Å². The highest BCUT2D eigenvalue weighted by Crippen LogP contribution is 2.19. The van der Waals surface area contributed by atoms with Gasteiger partial charge in [0, 0.05) is 50.3 Å². The second-order valence-electron chi connectivity index (χ2n) is 7.61. The standard InChI is InChI=1S/C24H31N7O/c1-2-25-24(27-17-20-7-3-4-8-22(20)19-31-12-6-11-29-31)28-18-21-9-5-10-26-23(21)30-13-15-32-16-14-30/h3-12H,2,13-19H2,1H3,(H2,25,27,28). The summed E-state index contributed by atoms with van der Waals surface area (Å²) in [5, 5.41) is 11.2. The number of hydrogen-bond donors (Lipinski definition) is 2. The average molecular weight is 434 g/mol. The summed E-state index contributed by atoms with van der Waals surface area (Å²) < 4.78 is 7.42. The number of nitrogens with zero attached hydrogens (tertiary/aromatic N) is 5. The molecule has 8 nitrogen and oxygen atoms in total. The van der Waals surface area contributed by atoms with Crippen LogP contribution >= 0.6 is 0 Å². The van der Waals surface area contributed by atoms with Crippen LogP contribution < -0.4 is 15.5 Å². The fourth-order valence-corrected chi connectivity index (χ4v) is 3.75. The molecule has 1 fully saturated rings. The van der Waals surface area contributed by atoms with Gasteiger partial charge < -0.3 is 20.3 Å². The van der Waals surface area contributed by atoms with E-state index in [4.69, 9.17) is 9.73 Å². The van der Waals surface area contributed by atoms with Crippen LogP contribution in [0.5, 0.6) is 0 Å². The predicted molar refractivity (Wildman–Crippen MR) is 127 cm³/mol. The molecule has 1 aliphatic rings. The molecule has 0 aliphatic carbocycles. The number of guanidine groups is 1. The van der Waals surface area contributed by atoms with Gasteiger partial charge in [0.15, 0.2) is 5.96 Å². The second kappa shape index (κ2) is 11.3.